The van der Waals surface area contributed by atoms with Crippen molar-refractivity contribution < 1.29 is 13.9 Å². The van der Waals surface area contributed by atoms with E-state index < -0.39 is 11.7 Å². The van der Waals surface area contributed by atoms with E-state index in [2.05, 4.69) is 15.3 Å². The number of carbonyl (C=O) groups excluding carboxylic acids is 1. The number of nitrogens with one attached hydrogen (secondary N) is 1. The number of aromatic nitrogens is 2. The number of hydrogen-bond donors (Lipinski definition) is 1. The minimum absolute atomic E-state index is 0.00125. The zero-order chi connectivity index (χ0) is 16.2. The van der Waals surface area contributed by atoms with Gasteiger partial charge in [0.05, 0.1) is 16.6 Å². The van der Waals surface area contributed by atoms with Crippen molar-refractivity contribution in [2.45, 2.75) is 0 Å². The number of para-hydroxylation sites is 1. The Bertz CT molecular complexity index is 868. The fourth-order valence-electron chi connectivity index (χ4n) is 2.01. The zero-order valence-electron chi connectivity index (χ0n) is 11.8. The summed E-state index contributed by atoms with van der Waals surface area (Å²) in [6.07, 6.45) is 1.35. The van der Waals surface area contributed by atoms with Crippen LogP contribution in [0.3, 0.4) is 0 Å². The van der Waals surface area contributed by atoms with Gasteiger partial charge in [-0.2, -0.15) is 0 Å². The number of halogens is 2. The molecule has 1 N–H and O–H groups in total. The van der Waals surface area contributed by atoms with Gasteiger partial charge in [-0.1, -0.05) is 23.7 Å². The first kappa shape index (κ1) is 15.2. The molecule has 3 rings (SSSR count). The van der Waals surface area contributed by atoms with Gasteiger partial charge in [0.25, 0.3) is 5.91 Å². The van der Waals surface area contributed by atoms with Crippen LogP contribution in [0.5, 0.6) is 5.88 Å². The molecule has 0 aliphatic carbocycles. The van der Waals surface area contributed by atoms with E-state index in [0.29, 0.717) is 15.9 Å². The maximum Gasteiger partial charge on any atom is 0.262 e. The Morgan fingerprint density at radius 2 is 2.04 bits per heavy atom. The third-order valence-corrected chi connectivity index (χ3v) is 3.28. The maximum absolute atomic E-state index is 13.6. The summed E-state index contributed by atoms with van der Waals surface area (Å²) in [6, 6.07) is 11.2. The molecule has 0 spiro atoms. The van der Waals surface area contributed by atoms with Gasteiger partial charge in [0.2, 0.25) is 5.88 Å². The standard InChI is InChI=1S/C16H11ClFN3O2/c17-10-5-6-12(18)14(7-10)21-15(22)8-23-16-11-3-1-2-4-13(11)19-9-20-16/h1-7,9H,8H2,(H,21,22). The van der Waals surface area contributed by atoms with Gasteiger partial charge in [-0.15, -0.1) is 0 Å². The lowest BCUT2D eigenvalue weighted by atomic mass is 10.2. The van der Waals surface area contributed by atoms with E-state index in [1.54, 1.807) is 6.07 Å². The van der Waals surface area contributed by atoms with Crippen molar-refractivity contribution in [3.8, 4) is 5.88 Å². The summed E-state index contributed by atoms with van der Waals surface area (Å²) < 4.78 is 19.0. The molecular weight excluding hydrogens is 321 g/mol. The second-order valence-corrected chi connectivity index (χ2v) is 5.09. The SMILES string of the molecule is O=C(COc1ncnc2ccccc12)Nc1cc(Cl)ccc1F. The van der Waals surface area contributed by atoms with E-state index in [-0.39, 0.29) is 18.2 Å². The third-order valence-electron chi connectivity index (χ3n) is 3.05. The van der Waals surface area contributed by atoms with Gasteiger partial charge in [0.1, 0.15) is 12.1 Å². The van der Waals surface area contributed by atoms with Crippen LogP contribution in [-0.4, -0.2) is 22.5 Å². The highest BCUT2D eigenvalue weighted by atomic mass is 35.5. The van der Waals surface area contributed by atoms with Crippen LogP contribution in [0.1, 0.15) is 0 Å². The molecule has 116 valence electrons. The zero-order valence-corrected chi connectivity index (χ0v) is 12.5. The van der Waals surface area contributed by atoms with Crippen molar-refractivity contribution in [2.24, 2.45) is 0 Å². The fraction of sp³-hybridized carbons (Fsp3) is 0.0625. The first-order chi connectivity index (χ1) is 11.1. The Hall–Kier alpha value is -2.73. The summed E-state index contributed by atoms with van der Waals surface area (Å²) in [6.45, 7) is -0.313. The monoisotopic (exact) mass is 331 g/mol. The van der Waals surface area contributed by atoms with Crippen LogP contribution in [0.15, 0.2) is 48.8 Å². The second-order valence-electron chi connectivity index (χ2n) is 4.66. The number of amides is 1. The highest BCUT2D eigenvalue weighted by molar-refractivity contribution is 6.30. The molecule has 0 saturated carbocycles. The van der Waals surface area contributed by atoms with Crippen molar-refractivity contribution in [1.29, 1.82) is 0 Å². The molecule has 23 heavy (non-hydrogen) atoms. The summed E-state index contributed by atoms with van der Waals surface area (Å²) in [4.78, 5) is 20.0. The molecule has 1 aromatic heterocycles. The predicted octanol–water partition coefficient (Wildman–Crippen LogP) is 3.44. The maximum atomic E-state index is 13.6. The first-order valence-electron chi connectivity index (χ1n) is 6.71. The lowest BCUT2D eigenvalue weighted by molar-refractivity contribution is -0.118. The lowest BCUT2D eigenvalue weighted by Gasteiger charge is -2.09. The van der Waals surface area contributed by atoms with Gasteiger partial charge in [-0.25, -0.2) is 14.4 Å². The Balaban J connectivity index is 1.70. The number of rotatable bonds is 4. The van der Waals surface area contributed by atoms with Crippen LogP contribution in [0, 0.1) is 5.82 Å². The molecule has 0 saturated heterocycles. The molecule has 7 heteroatoms. The van der Waals surface area contributed by atoms with E-state index in [1.165, 1.54) is 24.5 Å². The average Bonchev–Trinajstić information content (AvgIpc) is 2.56. The van der Waals surface area contributed by atoms with Gasteiger partial charge in [-0.3, -0.25) is 4.79 Å². The highest BCUT2D eigenvalue weighted by Gasteiger charge is 2.10. The third kappa shape index (κ3) is 3.54. The van der Waals surface area contributed by atoms with Crippen molar-refractivity contribution >= 4 is 34.1 Å². The van der Waals surface area contributed by atoms with Crippen molar-refractivity contribution in [2.75, 3.05) is 11.9 Å². The van der Waals surface area contributed by atoms with E-state index >= 15 is 0 Å². The smallest absolute Gasteiger partial charge is 0.262 e. The van der Waals surface area contributed by atoms with Crippen molar-refractivity contribution in [3.63, 3.8) is 0 Å². The molecule has 0 fully saturated rings. The van der Waals surface area contributed by atoms with Gasteiger partial charge in [0.15, 0.2) is 6.61 Å². The molecule has 0 aliphatic heterocycles. The van der Waals surface area contributed by atoms with Crippen LogP contribution >= 0.6 is 11.6 Å². The number of ether oxygens (including phenoxy) is 1. The van der Waals surface area contributed by atoms with E-state index in [9.17, 15) is 9.18 Å². The molecule has 5 nitrogen and oxygen atoms in total. The van der Waals surface area contributed by atoms with Crippen LogP contribution in [0.25, 0.3) is 10.9 Å². The van der Waals surface area contributed by atoms with Crippen LogP contribution in [0.4, 0.5) is 10.1 Å². The first-order valence-corrected chi connectivity index (χ1v) is 7.09. The Morgan fingerprint density at radius 1 is 1.22 bits per heavy atom. The van der Waals surface area contributed by atoms with Gasteiger partial charge < -0.3 is 10.1 Å². The van der Waals surface area contributed by atoms with E-state index in [1.807, 2.05) is 18.2 Å². The fourth-order valence-corrected chi connectivity index (χ4v) is 2.18. The number of carbonyl (C=O) groups is 1. The quantitative estimate of drug-likeness (QED) is 0.795. The number of fused-ring (bicyclic) bond motifs is 1. The van der Waals surface area contributed by atoms with E-state index in [4.69, 9.17) is 16.3 Å². The molecule has 0 aliphatic rings. The van der Waals surface area contributed by atoms with Gasteiger partial charge in [0, 0.05) is 5.02 Å². The second kappa shape index (κ2) is 6.58. The minimum atomic E-state index is -0.574. The summed E-state index contributed by atoms with van der Waals surface area (Å²) in [7, 11) is 0. The molecule has 0 bridgehead atoms. The van der Waals surface area contributed by atoms with Crippen LogP contribution < -0.4 is 10.1 Å². The number of benzene rings is 2. The van der Waals surface area contributed by atoms with Gasteiger partial charge in [-0.05, 0) is 30.3 Å². The Labute approximate surface area is 136 Å². The van der Waals surface area contributed by atoms with Gasteiger partial charge >= 0.3 is 0 Å². The molecule has 2 aromatic carbocycles. The lowest BCUT2D eigenvalue weighted by Crippen LogP contribution is -2.21. The molecule has 1 heterocycles. The molecule has 0 unspecified atom stereocenters. The predicted molar refractivity (Wildman–Crippen MR) is 85.1 cm³/mol. The Kier molecular flexibility index (Phi) is 4.34. The molecule has 1 amide bonds. The number of hydrogen-bond acceptors (Lipinski definition) is 4. The highest BCUT2D eigenvalue weighted by Crippen LogP contribution is 2.21. The molecule has 0 radical (unpaired) electrons. The molecular formula is C16H11ClFN3O2. The number of anilines is 1. The molecule has 0 atom stereocenters. The normalized spacial score (nSPS) is 10.5. The average molecular weight is 332 g/mol. The summed E-state index contributed by atoms with van der Waals surface area (Å²) >= 11 is 5.77. The summed E-state index contributed by atoms with van der Waals surface area (Å²) in [5.41, 5.74) is 0.706. The number of nitrogens with zero attached hydrogens (tertiary/aromatic N) is 2. The van der Waals surface area contributed by atoms with E-state index in [0.717, 1.165) is 0 Å². The minimum Gasteiger partial charge on any atom is -0.467 e. The topological polar surface area (TPSA) is 64.1 Å². The van der Waals surface area contributed by atoms with Crippen molar-refractivity contribution in [3.05, 3.63) is 59.6 Å². The van der Waals surface area contributed by atoms with Crippen LogP contribution in [-0.2, 0) is 4.79 Å². The van der Waals surface area contributed by atoms with Crippen LogP contribution in [0.2, 0.25) is 5.02 Å². The molecule has 3 aromatic rings. The Morgan fingerprint density at radius 3 is 2.91 bits per heavy atom. The summed E-state index contributed by atoms with van der Waals surface area (Å²) in [5.74, 6) is -0.804. The largest absolute Gasteiger partial charge is 0.467 e. The summed E-state index contributed by atoms with van der Waals surface area (Å²) in [5, 5.41) is 3.42. The van der Waals surface area contributed by atoms with Crippen molar-refractivity contribution in [1.82, 2.24) is 9.97 Å².